The van der Waals surface area contributed by atoms with E-state index in [1.165, 1.54) is 0 Å². The van der Waals surface area contributed by atoms with E-state index in [1.54, 1.807) is 12.3 Å². The van der Waals surface area contributed by atoms with E-state index in [0.717, 1.165) is 22.3 Å². The van der Waals surface area contributed by atoms with Crippen molar-refractivity contribution in [3.05, 3.63) is 57.7 Å². The Balaban J connectivity index is 1.85. The summed E-state index contributed by atoms with van der Waals surface area (Å²) in [6.07, 6.45) is 1.69. The van der Waals surface area contributed by atoms with Gasteiger partial charge in [0.05, 0.1) is 22.9 Å². The van der Waals surface area contributed by atoms with Gasteiger partial charge < -0.3 is 15.3 Å². The molecule has 0 aliphatic rings. The topological polar surface area (TPSA) is 73.6 Å². The lowest BCUT2D eigenvalue weighted by Crippen LogP contribution is -2.06. The monoisotopic (exact) mass is 288 g/mol. The molecule has 0 fully saturated rings. The minimum atomic E-state index is -0.195. The molecule has 1 aromatic carbocycles. The molecule has 0 spiro atoms. The Bertz CT molecular complexity index is 791. The third-order valence-corrected chi connectivity index (χ3v) is 3.37. The molecule has 1 unspecified atom stereocenters. The van der Waals surface area contributed by atoms with Crippen LogP contribution in [0.3, 0.4) is 0 Å². The molecule has 6 heteroatoms. The summed E-state index contributed by atoms with van der Waals surface area (Å²) in [5, 5.41) is 3.80. The van der Waals surface area contributed by atoms with Crippen LogP contribution in [-0.4, -0.2) is 15.0 Å². The molecule has 5 nitrogen and oxygen atoms in total. The van der Waals surface area contributed by atoms with Gasteiger partial charge in [-0.2, -0.15) is 0 Å². The van der Waals surface area contributed by atoms with Gasteiger partial charge in [-0.3, -0.25) is 0 Å². The Morgan fingerprint density at radius 2 is 2.00 bits per heavy atom. The van der Waals surface area contributed by atoms with E-state index in [4.69, 9.17) is 11.6 Å². The first kappa shape index (κ1) is 12.7. The van der Waals surface area contributed by atoms with Gasteiger partial charge in [-0.1, -0.05) is 17.7 Å². The van der Waals surface area contributed by atoms with Gasteiger partial charge in [0.25, 0.3) is 0 Å². The summed E-state index contributed by atoms with van der Waals surface area (Å²) in [6, 6.07) is 9.52. The largest absolute Gasteiger partial charge is 0.377 e. The Hall–Kier alpha value is -2.27. The summed E-state index contributed by atoms with van der Waals surface area (Å²) < 4.78 is 0. The molecule has 2 heterocycles. The molecular formula is C14H13ClN4O. The summed E-state index contributed by atoms with van der Waals surface area (Å²) in [4.78, 5) is 20.8. The maximum absolute atomic E-state index is 11.2. The second-order valence-electron chi connectivity index (χ2n) is 4.62. The Labute approximate surface area is 120 Å². The molecular weight excluding hydrogens is 276 g/mol. The number of nitrogens with zero attached hydrogens (tertiary/aromatic N) is 1. The normalized spacial score (nSPS) is 12.5. The van der Waals surface area contributed by atoms with Crippen molar-refractivity contribution in [3.63, 3.8) is 0 Å². The maximum Gasteiger partial charge on any atom is 0.323 e. The Morgan fingerprint density at radius 3 is 2.75 bits per heavy atom. The number of imidazole rings is 1. The van der Waals surface area contributed by atoms with E-state index in [1.807, 2.05) is 31.2 Å². The quantitative estimate of drug-likeness (QED) is 0.649. The Kier molecular flexibility index (Phi) is 3.20. The third kappa shape index (κ3) is 2.53. The number of benzene rings is 1. The fourth-order valence-corrected chi connectivity index (χ4v) is 2.23. The predicted molar refractivity (Wildman–Crippen MR) is 80.2 cm³/mol. The van der Waals surface area contributed by atoms with Crippen LogP contribution in [-0.2, 0) is 0 Å². The number of aromatic amines is 2. The fourth-order valence-electron chi connectivity index (χ4n) is 2.11. The van der Waals surface area contributed by atoms with Crippen molar-refractivity contribution in [1.82, 2.24) is 15.0 Å². The number of nitrogens with one attached hydrogen (secondary N) is 3. The van der Waals surface area contributed by atoms with Gasteiger partial charge in [0.2, 0.25) is 0 Å². The zero-order valence-electron chi connectivity index (χ0n) is 10.8. The van der Waals surface area contributed by atoms with Crippen molar-refractivity contribution >= 4 is 28.3 Å². The molecule has 0 radical (unpaired) electrons. The number of hydrogen-bond acceptors (Lipinski definition) is 3. The number of hydrogen-bond donors (Lipinski definition) is 3. The number of rotatable bonds is 3. The molecule has 0 saturated heterocycles. The first-order valence-electron chi connectivity index (χ1n) is 6.22. The van der Waals surface area contributed by atoms with E-state index in [2.05, 4.69) is 20.3 Å². The van der Waals surface area contributed by atoms with E-state index >= 15 is 0 Å². The van der Waals surface area contributed by atoms with Crippen LogP contribution in [0, 0.1) is 0 Å². The first-order valence-corrected chi connectivity index (χ1v) is 6.59. The summed E-state index contributed by atoms with van der Waals surface area (Å²) in [5.41, 5.74) is 3.38. The van der Waals surface area contributed by atoms with E-state index in [-0.39, 0.29) is 11.7 Å². The molecule has 0 aliphatic carbocycles. The van der Waals surface area contributed by atoms with Crippen LogP contribution in [0.15, 0.2) is 41.3 Å². The number of fused-ring (bicyclic) bond motifs is 1. The molecule has 1 atom stereocenters. The Morgan fingerprint density at radius 1 is 1.20 bits per heavy atom. The van der Waals surface area contributed by atoms with Crippen molar-refractivity contribution in [2.45, 2.75) is 13.0 Å². The van der Waals surface area contributed by atoms with Crippen LogP contribution in [0.4, 0.5) is 5.69 Å². The standard InChI is InChI=1S/C14H13ClN4O/c1-8(17-10-3-5-13(15)16-7-10)9-2-4-11-12(6-9)19-14(20)18-11/h2-8,17H,1H3,(H2,18,19,20). The highest BCUT2D eigenvalue weighted by atomic mass is 35.5. The predicted octanol–water partition coefficient (Wildman–Crippen LogP) is 3.08. The summed E-state index contributed by atoms with van der Waals surface area (Å²) >= 11 is 5.76. The lowest BCUT2D eigenvalue weighted by atomic mass is 10.1. The molecule has 20 heavy (non-hydrogen) atoms. The van der Waals surface area contributed by atoms with Crippen LogP contribution in [0.5, 0.6) is 0 Å². The number of aromatic nitrogens is 3. The molecule has 3 rings (SSSR count). The van der Waals surface area contributed by atoms with Crippen LogP contribution in [0.25, 0.3) is 11.0 Å². The van der Waals surface area contributed by atoms with Crippen LogP contribution in [0.1, 0.15) is 18.5 Å². The zero-order valence-corrected chi connectivity index (χ0v) is 11.5. The van der Waals surface area contributed by atoms with Gasteiger partial charge in [-0.25, -0.2) is 9.78 Å². The van der Waals surface area contributed by atoms with E-state index in [0.29, 0.717) is 5.15 Å². The van der Waals surface area contributed by atoms with Crippen molar-refractivity contribution in [3.8, 4) is 0 Å². The lowest BCUT2D eigenvalue weighted by Gasteiger charge is -2.15. The fraction of sp³-hybridized carbons (Fsp3) is 0.143. The van der Waals surface area contributed by atoms with Gasteiger partial charge >= 0.3 is 5.69 Å². The van der Waals surface area contributed by atoms with Crippen molar-refractivity contribution in [2.24, 2.45) is 0 Å². The molecule has 102 valence electrons. The number of halogens is 1. The van der Waals surface area contributed by atoms with Crippen LogP contribution < -0.4 is 11.0 Å². The molecule has 0 amide bonds. The third-order valence-electron chi connectivity index (χ3n) is 3.15. The van der Waals surface area contributed by atoms with Gasteiger partial charge in [0, 0.05) is 6.04 Å². The van der Waals surface area contributed by atoms with Gasteiger partial charge in [-0.15, -0.1) is 0 Å². The van der Waals surface area contributed by atoms with E-state index < -0.39 is 0 Å². The lowest BCUT2D eigenvalue weighted by molar-refractivity contribution is 0.884. The van der Waals surface area contributed by atoms with Crippen molar-refractivity contribution in [2.75, 3.05) is 5.32 Å². The minimum Gasteiger partial charge on any atom is -0.377 e. The first-order chi connectivity index (χ1) is 9.61. The van der Waals surface area contributed by atoms with Crippen molar-refractivity contribution < 1.29 is 0 Å². The van der Waals surface area contributed by atoms with Crippen LogP contribution >= 0.6 is 11.6 Å². The van der Waals surface area contributed by atoms with Gasteiger partial charge in [0.1, 0.15) is 5.15 Å². The zero-order chi connectivity index (χ0) is 14.1. The maximum atomic E-state index is 11.2. The second kappa shape index (κ2) is 5.02. The molecule has 3 N–H and O–H groups in total. The van der Waals surface area contributed by atoms with Gasteiger partial charge in [0.15, 0.2) is 0 Å². The summed E-state index contributed by atoms with van der Waals surface area (Å²) in [7, 11) is 0. The molecule has 2 aromatic heterocycles. The van der Waals surface area contributed by atoms with E-state index in [9.17, 15) is 4.79 Å². The second-order valence-corrected chi connectivity index (χ2v) is 5.01. The number of pyridine rings is 1. The summed E-state index contributed by atoms with van der Waals surface area (Å²) in [5.74, 6) is 0. The molecule has 0 aliphatic heterocycles. The van der Waals surface area contributed by atoms with Gasteiger partial charge in [-0.05, 0) is 36.8 Å². The molecule has 0 bridgehead atoms. The summed E-state index contributed by atoms with van der Waals surface area (Å²) in [6.45, 7) is 2.04. The number of H-pyrrole nitrogens is 2. The highest BCUT2D eigenvalue weighted by Crippen LogP contribution is 2.21. The highest BCUT2D eigenvalue weighted by molar-refractivity contribution is 6.29. The van der Waals surface area contributed by atoms with Crippen molar-refractivity contribution in [1.29, 1.82) is 0 Å². The minimum absolute atomic E-state index is 0.0841. The smallest absolute Gasteiger partial charge is 0.323 e. The number of anilines is 1. The molecule has 0 saturated carbocycles. The SMILES string of the molecule is CC(Nc1ccc(Cl)nc1)c1ccc2[nH]c(=O)[nH]c2c1. The van der Waals surface area contributed by atoms with Crippen LogP contribution in [0.2, 0.25) is 5.15 Å². The average Bonchev–Trinajstić information content (AvgIpc) is 2.80. The molecule has 3 aromatic rings. The average molecular weight is 289 g/mol. The highest BCUT2D eigenvalue weighted by Gasteiger charge is 2.07.